The van der Waals surface area contributed by atoms with Crippen LogP contribution in [-0.2, 0) is 6.54 Å². The van der Waals surface area contributed by atoms with Crippen LogP contribution in [0.2, 0.25) is 0 Å². The molecule has 1 aromatic rings. The van der Waals surface area contributed by atoms with Gasteiger partial charge in [-0.1, -0.05) is 0 Å². The fourth-order valence-corrected chi connectivity index (χ4v) is 2.03. The molecule has 2 heterocycles. The van der Waals surface area contributed by atoms with E-state index >= 15 is 0 Å². The van der Waals surface area contributed by atoms with E-state index < -0.39 is 0 Å². The first-order chi connectivity index (χ1) is 7.31. The molecule has 1 aliphatic heterocycles. The Balaban J connectivity index is 2.23. The minimum atomic E-state index is -0.00446. The molecule has 2 rings (SSSR count). The van der Waals surface area contributed by atoms with E-state index in [9.17, 15) is 4.79 Å². The summed E-state index contributed by atoms with van der Waals surface area (Å²) < 4.78 is 1.54. The lowest BCUT2D eigenvalue weighted by Gasteiger charge is -2.22. The number of piperidine rings is 1. The number of aromatic nitrogens is 2. The van der Waals surface area contributed by atoms with E-state index in [-0.39, 0.29) is 5.56 Å². The number of aryl methyl sites for hydroxylation is 1. The van der Waals surface area contributed by atoms with Gasteiger partial charge in [0.1, 0.15) is 0 Å². The van der Waals surface area contributed by atoms with Gasteiger partial charge in [-0.2, -0.15) is 5.10 Å². The zero-order valence-corrected chi connectivity index (χ0v) is 9.07. The van der Waals surface area contributed by atoms with Gasteiger partial charge in [-0.05, 0) is 38.9 Å². The van der Waals surface area contributed by atoms with E-state index in [1.54, 1.807) is 6.07 Å². The molecule has 0 aromatic carbocycles. The summed E-state index contributed by atoms with van der Waals surface area (Å²) in [5.41, 5.74) is 1.06. The summed E-state index contributed by atoms with van der Waals surface area (Å²) in [6.45, 7) is 4.70. The maximum absolute atomic E-state index is 11.4. The molecule has 1 aromatic heterocycles. The van der Waals surface area contributed by atoms with Crippen molar-refractivity contribution in [1.29, 1.82) is 0 Å². The number of hydrogen-bond acceptors (Lipinski definition) is 3. The highest BCUT2D eigenvalue weighted by Gasteiger charge is 2.16. The topological polar surface area (TPSA) is 46.9 Å². The van der Waals surface area contributed by atoms with Crippen LogP contribution in [0.15, 0.2) is 16.9 Å². The summed E-state index contributed by atoms with van der Waals surface area (Å²) in [5.74, 6) is 0.518. The second-order valence-electron chi connectivity index (χ2n) is 3.94. The van der Waals surface area contributed by atoms with Gasteiger partial charge in [0.2, 0.25) is 0 Å². The van der Waals surface area contributed by atoms with Crippen molar-refractivity contribution in [3.63, 3.8) is 0 Å². The Bertz CT molecular complexity index is 380. The van der Waals surface area contributed by atoms with E-state index in [4.69, 9.17) is 0 Å². The van der Waals surface area contributed by atoms with Crippen LogP contribution in [0.5, 0.6) is 0 Å². The van der Waals surface area contributed by atoms with Gasteiger partial charge in [-0.25, -0.2) is 4.68 Å². The maximum Gasteiger partial charge on any atom is 0.266 e. The normalized spacial score (nSPS) is 17.9. The van der Waals surface area contributed by atoms with Gasteiger partial charge in [0.15, 0.2) is 0 Å². The van der Waals surface area contributed by atoms with Gasteiger partial charge in [-0.15, -0.1) is 0 Å². The van der Waals surface area contributed by atoms with Crippen molar-refractivity contribution in [2.75, 3.05) is 13.1 Å². The van der Waals surface area contributed by atoms with Gasteiger partial charge in [0, 0.05) is 18.5 Å². The summed E-state index contributed by atoms with van der Waals surface area (Å²) in [5, 5.41) is 7.72. The van der Waals surface area contributed by atoms with E-state index in [0.29, 0.717) is 12.5 Å². The minimum absolute atomic E-state index is 0.00446. The van der Waals surface area contributed by atoms with Crippen LogP contribution in [0.3, 0.4) is 0 Å². The second kappa shape index (κ2) is 4.57. The summed E-state index contributed by atoms with van der Waals surface area (Å²) in [4.78, 5) is 11.4. The van der Waals surface area contributed by atoms with Gasteiger partial charge in [0.05, 0.1) is 5.69 Å². The average molecular weight is 207 g/mol. The first-order valence-corrected chi connectivity index (χ1v) is 5.60. The van der Waals surface area contributed by atoms with Crippen LogP contribution in [-0.4, -0.2) is 22.9 Å². The van der Waals surface area contributed by atoms with E-state index in [0.717, 1.165) is 31.6 Å². The molecule has 0 atom stereocenters. The molecule has 0 aliphatic carbocycles. The Morgan fingerprint density at radius 1 is 1.47 bits per heavy atom. The van der Waals surface area contributed by atoms with E-state index in [1.807, 2.05) is 13.0 Å². The quantitative estimate of drug-likeness (QED) is 0.777. The highest BCUT2D eigenvalue weighted by Crippen LogP contribution is 2.22. The van der Waals surface area contributed by atoms with Crippen molar-refractivity contribution in [1.82, 2.24) is 15.1 Å². The molecule has 0 saturated carbocycles. The third-order valence-corrected chi connectivity index (χ3v) is 2.94. The Labute approximate surface area is 89.3 Å². The third-order valence-electron chi connectivity index (χ3n) is 2.94. The van der Waals surface area contributed by atoms with Crippen molar-refractivity contribution in [3.05, 3.63) is 28.2 Å². The van der Waals surface area contributed by atoms with Crippen molar-refractivity contribution in [2.24, 2.45) is 0 Å². The van der Waals surface area contributed by atoms with Crippen LogP contribution >= 0.6 is 0 Å². The third kappa shape index (κ3) is 2.26. The monoisotopic (exact) mass is 207 g/mol. The molecule has 0 radical (unpaired) electrons. The Hall–Kier alpha value is -1.16. The number of nitrogens with one attached hydrogen (secondary N) is 1. The molecular weight excluding hydrogens is 190 g/mol. The predicted molar refractivity (Wildman–Crippen MR) is 59.0 cm³/mol. The number of nitrogens with zero attached hydrogens (tertiary/aromatic N) is 2. The van der Waals surface area contributed by atoms with Crippen LogP contribution in [0.1, 0.15) is 31.4 Å². The zero-order chi connectivity index (χ0) is 10.7. The van der Waals surface area contributed by atoms with E-state index in [1.165, 1.54) is 4.68 Å². The van der Waals surface area contributed by atoms with Gasteiger partial charge in [-0.3, -0.25) is 4.79 Å². The molecule has 1 N–H and O–H groups in total. The Kier molecular flexibility index (Phi) is 3.16. The standard InChI is InChI=1S/C11H17N3O/c1-2-14-11(15)4-3-10(13-14)9-5-7-12-8-6-9/h3-4,9,12H,2,5-8H2,1H3. The second-order valence-corrected chi connectivity index (χ2v) is 3.94. The lowest BCUT2D eigenvalue weighted by Crippen LogP contribution is -2.29. The van der Waals surface area contributed by atoms with Crippen molar-refractivity contribution < 1.29 is 0 Å². The molecule has 0 spiro atoms. The van der Waals surface area contributed by atoms with Crippen LogP contribution < -0.4 is 10.9 Å². The van der Waals surface area contributed by atoms with E-state index in [2.05, 4.69) is 10.4 Å². The highest BCUT2D eigenvalue weighted by atomic mass is 16.1. The lowest BCUT2D eigenvalue weighted by molar-refractivity contribution is 0.440. The largest absolute Gasteiger partial charge is 0.317 e. The molecule has 4 heteroatoms. The lowest BCUT2D eigenvalue weighted by atomic mass is 9.94. The highest BCUT2D eigenvalue weighted by molar-refractivity contribution is 5.08. The van der Waals surface area contributed by atoms with Gasteiger partial charge in [0.25, 0.3) is 5.56 Å². The molecule has 4 nitrogen and oxygen atoms in total. The number of hydrogen-bond donors (Lipinski definition) is 1. The Morgan fingerprint density at radius 3 is 2.87 bits per heavy atom. The first kappa shape index (κ1) is 10.4. The summed E-state index contributed by atoms with van der Waals surface area (Å²) >= 11 is 0. The summed E-state index contributed by atoms with van der Waals surface area (Å²) in [6, 6.07) is 3.51. The average Bonchev–Trinajstić information content (AvgIpc) is 2.31. The first-order valence-electron chi connectivity index (χ1n) is 5.60. The molecule has 1 saturated heterocycles. The molecular formula is C11H17N3O. The smallest absolute Gasteiger partial charge is 0.266 e. The molecule has 82 valence electrons. The Morgan fingerprint density at radius 2 is 2.20 bits per heavy atom. The molecule has 0 unspecified atom stereocenters. The maximum atomic E-state index is 11.4. The zero-order valence-electron chi connectivity index (χ0n) is 9.07. The van der Waals surface area contributed by atoms with Crippen LogP contribution in [0.4, 0.5) is 0 Å². The molecule has 15 heavy (non-hydrogen) atoms. The van der Waals surface area contributed by atoms with Crippen molar-refractivity contribution in [2.45, 2.75) is 32.2 Å². The molecule has 1 fully saturated rings. The van der Waals surface area contributed by atoms with Crippen molar-refractivity contribution >= 4 is 0 Å². The summed E-state index contributed by atoms with van der Waals surface area (Å²) in [7, 11) is 0. The fourth-order valence-electron chi connectivity index (χ4n) is 2.03. The summed E-state index contributed by atoms with van der Waals surface area (Å²) in [6.07, 6.45) is 2.24. The number of rotatable bonds is 2. The van der Waals surface area contributed by atoms with Crippen LogP contribution in [0, 0.1) is 0 Å². The van der Waals surface area contributed by atoms with Gasteiger partial charge < -0.3 is 5.32 Å². The fraction of sp³-hybridized carbons (Fsp3) is 0.636. The van der Waals surface area contributed by atoms with Gasteiger partial charge >= 0.3 is 0 Å². The predicted octanol–water partition coefficient (Wildman–Crippen LogP) is 0.730. The molecule has 0 amide bonds. The van der Waals surface area contributed by atoms with Crippen LogP contribution in [0.25, 0.3) is 0 Å². The molecule has 1 aliphatic rings. The molecule has 0 bridgehead atoms. The minimum Gasteiger partial charge on any atom is -0.317 e. The SMILES string of the molecule is CCn1nc(C2CCNCC2)ccc1=O. The van der Waals surface area contributed by atoms with Crippen molar-refractivity contribution in [3.8, 4) is 0 Å².